The van der Waals surface area contributed by atoms with Crippen LogP contribution in [0.15, 0.2) is 43.0 Å². The predicted octanol–water partition coefficient (Wildman–Crippen LogP) is 1.67. The molecule has 1 N–H and O–H groups in total. The highest BCUT2D eigenvalue weighted by molar-refractivity contribution is 5.80. The molecule has 0 bridgehead atoms. The van der Waals surface area contributed by atoms with Crippen molar-refractivity contribution in [1.29, 1.82) is 0 Å². The molecule has 1 aliphatic heterocycles. The number of rotatable bonds is 5. The van der Waals surface area contributed by atoms with Crippen LogP contribution in [0.25, 0.3) is 0 Å². The zero-order valence-corrected chi connectivity index (χ0v) is 14.1. The van der Waals surface area contributed by atoms with Crippen molar-refractivity contribution in [3.05, 3.63) is 48.5 Å². The molecule has 2 aromatic rings. The first-order valence-electron chi connectivity index (χ1n) is 8.20. The summed E-state index contributed by atoms with van der Waals surface area (Å²) in [6, 6.07) is 7.52. The third-order valence-electron chi connectivity index (χ3n) is 4.69. The number of ether oxygens (including phenoxy) is 1. The maximum absolute atomic E-state index is 12.4. The topological polar surface area (TPSA) is 84.7 Å². The molecule has 1 aromatic carbocycles. The predicted molar refractivity (Wildman–Crippen MR) is 90.3 cm³/mol. The number of carboxylic acids is 1. The second-order valence-corrected chi connectivity index (χ2v) is 6.29. The Kier molecular flexibility index (Phi) is 4.74. The lowest BCUT2D eigenvalue weighted by molar-refractivity contribution is -0.153. The summed E-state index contributed by atoms with van der Waals surface area (Å²) in [6.45, 7) is 2.66. The molecule has 1 aromatic heterocycles. The van der Waals surface area contributed by atoms with Gasteiger partial charge in [-0.05, 0) is 37.5 Å². The van der Waals surface area contributed by atoms with Crippen LogP contribution in [-0.4, -0.2) is 51.1 Å². The highest BCUT2D eigenvalue weighted by atomic mass is 16.5. The Bertz CT molecular complexity index is 749. The summed E-state index contributed by atoms with van der Waals surface area (Å²) in [4.78, 5) is 29.8. The third kappa shape index (κ3) is 3.50. The molecule has 7 heteroatoms. The zero-order valence-electron chi connectivity index (χ0n) is 14.1. The van der Waals surface area contributed by atoms with Gasteiger partial charge in [-0.15, -0.1) is 0 Å². The van der Waals surface area contributed by atoms with E-state index in [0.29, 0.717) is 31.7 Å². The molecule has 25 heavy (non-hydrogen) atoms. The Morgan fingerprint density at radius 3 is 2.68 bits per heavy atom. The smallest absolute Gasteiger partial charge is 0.330 e. The van der Waals surface area contributed by atoms with Gasteiger partial charge in [0.05, 0.1) is 6.33 Å². The van der Waals surface area contributed by atoms with Crippen LogP contribution in [0.1, 0.15) is 18.4 Å². The molecule has 1 saturated heterocycles. The number of likely N-dealkylation sites (tertiary alicyclic amines) is 1. The SMILES string of the molecule is Cc1cccc(OCC(=O)N2CCC(C(=O)O)(n3ccnc3)CC2)c1. The molecule has 1 aliphatic rings. The van der Waals surface area contributed by atoms with E-state index in [1.54, 1.807) is 21.9 Å². The minimum Gasteiger partial charge on any atom is -0.484 e. The van der Waals surface area contributed by atoms with Gasteiger partial charge in [0.15, 0.2) is 6.61 Å². The number of carbonyl (C=O) groups excluding carboxylic acids is 1. The van der Waals surface area contributed by atoms with E-state index in [-0.39, 0.29) is 12.5 Å². The summed E-state index contributed by atoms with van der Waals surface area (Å²) in [5.41, 5.74) is 0.0273. The first kappa shape index (κ1) is 17.0. The summed E-state index contributed by atoms with van der Waals surface area (Å²) in [7, 11) is 0. The molecule has 0 atom stereocenters. The van der Waals surface area contributed by atoms with Crippen molar-refractivity contribution in [3.63, 3.8) is 0 Å². The van der Waals surface area contributed by atoms with E-state index in [2.05, 4.69) is 4.98 Å². The second-order valence-electron chi connectivity index (χ2n) is 6.29. The molecular weight excluding hydrogens is 322 g/mol. The summed E-state index contributed by atoms with van der Waals surface area (Å²) < 4.78 is 7.18. The fraction of sp³-hybridized carbons (Fsp3) is 0.389. The molecule has 0 spiro atoms. The van der Waals surface area contributed by atoms with Gasteiger partial charge in [0.1, 0.15) is 11.3 Å². The van der Waals surface area contributed by atoms with E-state index in [0.717, 1.165) is 5.56 Å². The number of imidazole rings is 1. The van der Waals surface area contributed by atoms with Crippen molar-refractivity contribution >= 4 is 11.9 Å². The number of hydrogen-bond donors (Lipinski definition) is 1. The minimum atomic E-state index is -1.04. The molecule has 0 saturated carbocycles. The molecule has 0 radical (unpaired) electrons. The number of aryl methyl sites for hydroxylation is 1. The lowest BCUT2D eigenvalue weighted by atomic mass is 9.87. The molecule has 1 fully saturated rings. The average Bonchev–Trinajstić information content (AvgIpc) is 3.15. The molecule has 1 amide bonds. The van der Waals surface area contributed by atoms with Gasteiger partial charge in [0, 0.05) is 25.5 Å². The van der Waals surface area contributed by atoms with E-state index < -0.39 is 11.5 Å². The van der Waals surface area contributed by atoms with Crippen molar-refractivity contribution in [2.75, 3.05) is 19.7 Å². The fourth-order valence-electron chi connectivity index (χ4n) is 3.16. The number of carbonyl (C=O) groups is 2. The third-order valence-corrected chi connectivity index (χ3v) is 4.69. The van der Waals surface area contributed by atoms with E-state index >= 15 is 0 Å². The van der Waals surface area contributed by atoms with Gasteiger partial charge in [-0.1, -0.05) is 12.1 Å². The van der Waals surface area contributed by atoms with Crippen LogP contribution in [0, 0.1) is 6.92 Å². The van der Waals surface area contributed by atoms with Crippen molar-refractivity contribution in [2.45, 2.75) is 25.3 Å². The number of benzene rings is 1. The van der Waals surface area contributed by atoms with Crippen molar-refractivity contribution in [3.8, 4) is 5.75 Å². The summed E-state index contributed by atoms with van der Waals surface area (Å²) in [5, 5.41) is 9.69. The summed E-state index contributed by atoms with van der Waals surface area (Å²) in [5.74, 6) is -0.372. The summed E-state index contributed by atoms with van der Waals surface area (Å²) >= 11 is 0. The number of nitrogens with zero attached hydrogens (tertiary/aromatic N) is 3. The van der Waals surface area contributed by atoms with Crippen LogP contribution in [0.2, 0.25) is 0 Å². The Labute approximate surface area is 145 Å². The quantitative estimate of drug-likeness (QED) is 0.893. The van der Waals surface area contributed by atoms with Gasteiger partial charge in [-0.25, -0.2) is 9.78 Å². The van der Waals surface area contributed by atoms with Crippen LogP contribution < -0.4 is 4.74 Å². The van der Waals surface area contributed by atoms with Gasteiger partial charge >= 0.3 is 5.97 Å². The molecular formula is C18H21N3O4. The van der Waals surface area contributed by atoms with Gasteiger partial charge in [0.2, 0.25) is 0 Å². The molecule has 0 aliphatic carbocycles. The maximum atomic E-state index is 12.4. The Morgan fingerprint density at radius 2 is 2.08 bits per heavy atom. The molecule has 2 heterocycles. The first-order chi connectivity index (χ1) is 12.0. The van der Waals surface area contributed by atoms with E-state index in [1.165, 1.54) is 6.33 Å². The number of hydrogen-bond acceptors (Lipinski definition) is 4. The fourth-order valence-corrected chi connectivity index (χ4v) is 3.16. The van der Waals surface area contributed by atoms with Crippen LogP contribution in [-0.2, 0) is 15.1 Å². The van der Waals surface area contributed by atoms with Crippen LogP contribution in [0.4, 0.5) is 0 Å². The normalized spacial score (nSPS) is 16.4. The van der Waals surface area contributed by atoms with Crippen LogP contribution in [0.5, 0.6) is 5.75 Å². The monoisotopic (exact) mass is 343 g/mol. The molecule has 7 nitrogen and oxygen atoms in total. The molecule has 132 valence electrons. The van der Waals surface area contributed by atoms with Crippen molar-refractivity contribution in [2.24, 2.45) is 0 Å². The van der Waals surface area contributed by atoms with Gasteiger partial charge < -0.3 is 19.3 Å². The number of aromatic nitrogens is 2. The van der Waals surface area contributed by atoms with Crippen LogP contribution >= 0.6 is 0 Å². The lowest BCUT2D eigenvalue weighted by Gasteiger charge is -2.39. The summed E-state index contributed by atoms with van der Waals surface area (Å²) in [6.07, 6.45) is 5.43. The van der Waals surface area contributed by atoms with Crippen molar-refractivity contribution in [1.82, 2.24) is 14.5 Å². The van der Waals surface area contributed by atoms with Gasteiger partial charge in [-0.2, -0.15) is 0 Å². The average molecular weight is 343 g/mol. The Hall–Kier alpha value is -2.83. The van der Waals surface area contributed by atoms with Gasteiger partial charge in [-0.3, -0.25) is 4.79 Å². The molecule has 3 rings (SSSR count). The highest BCUT2D eigenvalue weighted by Gasteiger charge is 2.43. The first-order valence-corrected chi connectivity index (χ1v) is 8.20. The Balaban J connectivity index is 1.59. The second kappa shape index (κ2) is 6.96. The van der Waals surface area contributed by atoms with Crippen molar-refractivity contribution < 1.29 is 19.4 Å². The largest absolute Gasteiger partial charge is 0.484 e. The minimum absolute atomic E-state index is 0.0470. The number of aliphatic carboxylic acids is 1. The van der Waals surface area contributed by atoms with Crippen LogP contribution in [0.3, 0.4) is 0 Å². The van der Waals surface area contributed by atoms with E-state index in [4.69, 9.17) is 4.74 Å². The molecule has 0 unspecified atom stereocenters. The Morgan fingerprint density at radius 1 is 1.32 bits per heavy atom. The van der Waals surface area contributed by atoms with E-state index in [9.17, 15) is 14.7 Å². The number of carboxylic acid groups (broad SMARTS) is 1. The standard InChI is InChI=1S/C18H21N3O4/c1-14-3-2-4-15(11-14)25-12-16(22)20-8-5-18(6-9-20,17(23)24)21-10-7-19-13-21/h2-4,7,10-11,13H,5-6,8-9,12H2,1H3,(H,23,24). The van der Waals surface area contributed by atoms with Gasteiger partial charge in [0.25, 0.3) is 5.91 Å². The lowest BCUT2D eigenvalue weighted by Crippen LogP contribution is -2.52. The maximum Gasteiger partial charge on any atom is 0.330 e. The number of amides is 1. The van der Waals surface area contributed by atoms with E-state index in [1.807, 2.05) is 31.2 Å². The number of piperidine rings is 1. The highest BCUT2D eigenvalue weighted by Crippen LogP contribution is 2.30. The zero-order chi connectivity index (χ0) is 17.9.